The fourth-order valence-electron chi connectivity index (χ4n) is 2.58. The zero-order chi connectivity index (χ0) is 16.4. The van der Waals surface area contributed by atoms with Crippen LogP contribution in [0, 0.1) is 11.6 Å². The Morgan fingerprint density at radius 1 is 1.22 bits per heavy atom. The number of halogens is 2. The molecule has 1 aromatic carbocycles. The molecular weight excluding hydrogens is 298 g/mol. The van der Waals surface area contributed by atoms with Gasteiger partial charge in [-0.1, -0.05) is 6.07 Å². The second kappa shape index (κ2) is 6.58. The van der Waals surface area contributed by atoms with Crippen LogP contribution < -0.4 is 5.32 Å². The number of likely N-dealkylation sites (N-methyl/N-ethyl adjacent to an activating group) is 1. The minimum absolute atomic E-state index is 0.0708. The van der Waals surface area contributed by atoms with E-state index in [1.807, 2.05) is 0 Å². The molecule has 0 bridgehead atoms. The maximum absolute atomic E-state index is 14.0. The number of aromatic nitrogens is 2. The molecule has 1 saturated carbocycles. The molecule has 23 heavy (non-hydrogen) atoms. The Hall–Kier alpha value is -2.08. The third kappa shape index (κ3) is 3.64. The van der Waals surface area contributed by atoms with Crippen molar-refractivity contribution < 1.29 is 8.78 Å². The molecule has 0 amide bonds. The summed E-state index contributed by atoms with van der Waals surface area (Å²) in [6, 6.07) is 5.28. The summed E-state index contributed by atoms with van der Waals surface area (Å²) in [5.74, 6) is 0.920. The van der Waals surface area contributed by atoms with Crippen LogP contribution in [0.25, 0.3) is 0 Å². The van der Waals surface area contributed by atoms with E-state index in [-0.39, 0.29) is 5.56 Å². The summed E-state index contributed by atoms with van der Waals surface area (Å²) in [6.07, 6.45) is 3.98. The molecule has 1 aliphatic carbocycles. The van der Waals surface area contributed by atoms with Gasteiger partial charge >= 0.3 is 0 Å². The van der Waals surface area contributed by atoms with E-state index in [0.29, 0.717) is 18.3 Å². The first-order valence-electron chi connectivity index (χ1n) is 7.73. The number of hydrogen-bond acceptors (Lipinski definition) is 4. The van der Waals surface area contributed by atoms with E-state index in [2.05, 4.69) is 15.3 Å². The van der Waals surface area contributed by atoms with Crippen LogP contribution in [0.2, 0.25) is 0 Å². The van der Waals surface area contributed by atoms with Gasteiger partial charge in [0.2, 0.25) is 0 Å². The summed E-state index contributed by atoms with van der Waals surface area (Å²) >= 11 is 0. The first-order valence-corrected chi connectivity index (χ1v) is 7.73. The van der Waals surface area contributed by atoms with Crippen molar-refractivity contribution in [1.29, 1.82) is 0 Å². The van der Waals surface area contributed by atoms with Gasteiger partial charge in [-0.25, -0.2) is 18.7 Å². The van der Waals surface area contributed by atoms with Crippen LogP contribution in [-0.4, -0.2) is 35.5 Å². The lowest BCUT2D eigenvalue weighted by Crippen LogP contribution is -2.29. The molecule has 1 heterocycles. The monoisotopic (exact) mass is 318 g/mol. The highest BCUT2D eigenvalue weighted by molar-refractivity contribution is 5.35. The van der Waals surface area contributed by atoms with Crippen molar-refractivity contribution in [2.24, 2.45) is 0 Å². The number of nitrogens with zero attached hydrogens (tertiary/aromatic N) is 3. The van der Waals surface area contributed by atoms with Crippen LogP contribution in [0.5, 0.6) is 0 Å². The summed E-state index contributed by atoms with van der Waals surface area (Å²) in [7, 11) is 3.60. The molecule has 0 aliphatic heterocycles. The van der Waals surface area contributed by atoms with Crippen LogP contribution in [0.15, 0.2) is 30.5 Å². The van der Waals surface area contributed by atoms with E-state index in [0.717, 1.165) is 18.7 Å². The lowest BCUT2D eigenvalue weighted by molar-refractivity contribution is 0.295. The Morgan fingerprint density at radius 2 is 1.91 bits per heavy atom. The van der Waals surface area contributed by atoms with Crippen LogP contribution in [0.1, 0.15) is 36.2 Å². The molecule has 122 valence electrons. The second-order valence-electron chi connectivity index (χ2n) is 6.07. The topological polar surface area (TPSA) is 41.0 Å². The summed E-state index contributed by atoms with van der Waals surface area (Å²) in [6.45, 7) is 0.353. The molecular formula is C17H20F2N4. The molecule has 0 spiro atoms. The third-order valence-corrected chi connectivity index (χ3v) is 4.05. The quantitative estimate of drug-likeness (QED) is 0.887. The minimum Gasteiger partial charge on any atom is -0.368 e. The van der Waals surface area contributed by atoms with Gasteiger partial charge in [0.1, 0.15) is 23.3 Å². The van der Waals surface area contributed by atoms with Crippen LogP contribution >= 0.6 is 0 Å². The molecule has 4 nitrogen and oxygen atoms in total. The fourth-order valence-corrected chi connectivity index (χ4v) is 2.58. The first-order chi connectivity index (χ1) is 11.1. The molecule has 1 fully saturated rings. The van der Waals surface area contributed by atoms with E-state index in [4.69, 9.17) is 0 Å². The van der Waals surface area contributed by atoms with Crippen LogP contribution in [0.4, 0.5) is 14.6 Å². The Morgan fingerprint density at radius 3 is 2.52 bits per heavy atom. The number of rotatable bonds is 6. The zero-order valence-corrected chi connectivity index (χ0v) is 13.3. The van der Waals surface area contributed by atoms with Gasteiger partial charge in [-0.3, -0.25) is 0 Å². The Balaban J connectivity index is 1.77. The van der Waals surface area contributed by atoms with Crippen molar-refractivity contribution in [3.05, 3.63) is 53.5 Å². The zero-order valence-electron chi connectivity index (χ0n) is 13.3. The SMILES string of the molecule is CN(C)C(CNc1ccnc(C2CC2)n1)c1c(F)cccc1F. The predicted molar refractivity (Wildman–Crippen MR) is 85.3 cm³/mol. The van der Waals surface area contributed by atoms with Crippen molar-refractivity contribution in [3.8, 4) is 0 Å². The molecule has 6 heteroatoms. The highest BCUT2D eigenvalue weighted by atomic mass is 19.1. The van der Waals surface area contributed by atoms with Crippen molar-refractivity contribution in [2.75, 3.05) is 26.0 Å². The van der Waals surface area contributed by atoms with Gasteiger partial charge in [0.15, 0.2) is 0 Å². The summed E-state index contributed by atoms with van der Waals surface area (Å²) in [5, 5.41) is 3.18. The standard InChI is InChI=1S/C17H20F2N4/c1-23(2)14(16-12(18)4-3-5-13(16)19)10-21-15-8-9-20-17(22-15)11-6-7-11/h3-5,8-9,11,14H,6-7,10H2,1-2H3,(H,20,21,22). The molecule has 1 aromatic heterocycles. The molecule has 0 saturated heterocycles. The largest absolute Gasteiger partial charge is 0.368 e. The van der Waals surface area contributed by atoms with Crippen molar-refractivity contribution >= 4 is 5.82 Å². The van der Waals surface area contributed by atoms with E-state index in [1.165, 1.54) is 18.2 Å². The van der Waals surface area contributed by atoms with Crippen LogP contribution in [-0.2, 0) is 0 Å². The van der Waals surface area contributed by atoms with E-state index in [1.54, 1.807) is 31.3 Å². The average Bonchev–Trinajstić information content (AvgIpc) is 3.35. The molecule has 1 aliphatic rings. The van der Waals surface area contributed by atoms with E-state index >= 15 is 0 Å². The van der Waals surface area contributed by atoms with Crippen LogP contribution in [0.3, 0.4) is 0 Å². The Bertz CT molecular complexity index is 666. The highest BCUT2D eigenvalue weighted by Gasteiger charge is 2.27. The van der Waals surface area contributed by atoms with Crippen molar-refractivity contribution in [1.82, 2.24) is 14.9 Å². The first kappa shape index (κ1) is 15.8. The molecule has 2 aromatic rings. The van der Waals surface area contributed by atoms with Crippen molar-refractivity contribution in [2.45, 2.75) is 24.8 Å². The molecule has 0 radical (unpaired) electrons. The summed E-state index contributed by atoms with van der Waals surface area (Å²) in [5.41, 5.74) is 0.0708. The van der Waals surface area contributed by atoms with Crippen molar-refractivity contribution in [3.63, 3.8) is 0 Å². The minimum atomic E-state index is -0.535. The number of nitrogens with one attached hydrogen (secondary N) is 1. The van der Waals surface area contributed by atoms with Gasteiger partial charge < -0.3 is 10.2 Å². The average molecular weight is 318 g/mol. The predicted octanol–water partition coefficient (Wildman–Crippen LogP) is 3.35. The van der Waals surface area contributed by atoms with Gasteiger partial charge in [-0.05, 0) is 45.1 Å². The normalized spacial score (nSPS) is 15.7. The van der Waals surface area contributed by atoms with E-state index < -0.39 is 17.7 Å². The van der Waals surface area contributed by atoms with Gasteiger partial charge in [0.05, 0.1) is 6.04 Å². The molecule has 1 unspecified atom stereocenters. The maximum Gasteiger partial charge on any atom is 0.133 e. The van der Waals surface area contributed by atoms with E-state index in [9.17, 15) is 8.78 Å². The summed E-state index contributed by atoms with van der Waals surface area (Å²) < 4.78 is 28.1. The molecule has 3 rings (SSSR count). The smallest absolute Gasteiger partial charge is 0.133 e. The van der Waals surface area contributed by atoms with Gasteiger partial charge in [0.25, 0.3) is 0 Å². The lowest BCUT2D eigenvalue weighted by Gasteiger charge is -2.26. The lowest BCUT2D eigenvalue weighted by atomic mass is 10.0. The number of anilines is 1. The maximum atomic E-state index is 14.0. The second-order valence-corrected chi connectivity index (χ2v) is 6.07. The van der Waals surface area contributed by atoms with Gasteiger partial charge in [-0.15, -0.1) is 0 Å². The molecule has 1 atom stereocenters. The Kier molecular flexibility index (Phi) is 4.52. The number of hydrogen-bond donors (Lipinski definition) is 1. The summed E-state index contributed by atoms with van der Waals surface area (Å²) in [4.78, 5) is 10.5. The highest BCUT2D eigenvalue weighted by Crippen LogP contribution is 2.38. The Labute approximate surface area is 134 Å². The number of benzene rings is 1. The van der Waals surface area contributed by atoms with Gasteiger partial charge in [0, 0.05) is 24.2 Å². The fraction of sp³-hybridized carbons (Fsp3) is 0.412. The van der Waals surface area contributed by atoms with Gasteiger partial charge in [-0.2, -0.15) is 0 Å². The third-order valence-electron chi connectivity index (χ3n) is 4.05. The molecule has 1 N–H and O–H groups in total.